The van der Waals surface area contributed by atoms with Crippen LogP contribution >= 0.6 is 0 Å². The van der Waals surface area contributed by atoms with E-state index >= 15 is 0 Å². The maximum atomic E-state index is 12.3. The summed E-state index contributed by atoms with van der Waals surface area (Å²) in [5.74, 6) is 0.554. The molecule has 5 heteroatoms. The van der Waals surface area contributed by atoms with Crippen molar-refractivity contribution in [3.63, 3.8) is 0 Å². The van der Waals surface area contributed by atoms with Gasteiger partial charge < -0.3 is 5.11 Å². The lowest BCUT2D eigenvalue weighted by Crippen LogP contribution is -2.52. The Labute approximate surface area is 104 Å². The first-order valence-electron chi connectivity index (χ1n) is 6.69. The van der Waals surface area contributed by atoms with Crippen molar-refractivity contribution in [2.24, 2.45) is 5.92 Å². The van der Waals surface area contributed by atoms with Crippen LogP contribution in [0.4, 0.5) is 0 Å². The van der Waals surface area contributed by atoms with Gasteiger partial charge in [-0.2, -0.15) is 4.31 Å². The molecule has 0 bridgehead atoms. The fourth-order valence-corrected chi connectivity index (χ4v) is 4.91. The van der Waals surface area contributed by atoms with Gasteiger partial charge in [-0.15, -0.1) is 0 Å². The molecule has 17 heavy (non-hydrogen) atoms. The van der Waals surface area contributed by atoms with E-state index < -0.39 is 15.3 Å². The van der Waals surface area contributed by atoms with Gasteiger partial charge >= 0.3 is 0 Å². The Morgan fingerprint density at radius 2 is 1.88 bits per heavy atom. The van der Waals surface area contributed by atoms with Crippen molar-refractivity contribution in [3.8, 4) is 0 Å². The summed E-state index contributed by atoms with van der Waals surface area (Å²) >= 11 is 0. The third-order valence-electron chi connectivity index (χ3n) is 4.28. The number of nitrogens with zero attached hydrogens (tertiary/aromatic N) is 1. The SMILES string of the molecule is CC(CO)S(=O)(=O)N1CCC[C@H]2CCCC[C@H]21. The molecule has 1 aliphatic heterocycles. The smallest absolute Gasteiger partial charge is 0.219 e. The molecule has 1 saturated carbocycles. The van der Waals surface area contributed by atoms with Gasteiger partial charge in [0.25, 0.3) is 0 Å². The highest BCUT2D eigenvalue weighted by Crippen LogP contribution is 2.37. The maximum absolute atomic E-state index is 12.3. The average Bonchev–Trinajstić information content (AvgIpc) is 2.37. The minimum absolute atomic E-state index is 0.205. The van der Waals surface area contributed by atoms with Gasteiger partial charge in [0.15, 0.2) is 0 Å². The molecule has 0 amide bonds. The molecule has 0 aromatic carbocycles. The Morgan fingerprint density at radius 3 is 2.59 bits per heavy atom. The van der Waals surface area contributed by atoms with Crippen LogP contribution in [0.5, 0.6) is 0 Å². The van der Waals surface area contributed by atoms with E-state index in [0.717, 1.165) is 19.3 Å². The van der Waals surface area contributed by atoms with Crippen LogP contribution in [-0.4, -0.2) is 42.3 Å². The average molecular weight is 261 g/mol. The second kappa shape index (κ2) is 5.24. The topological polar surface area (TPSA) is 57.6 Å². The van der Waals surface area contributed by atoms with Crippen LogP contribution in [0.25, 0.3) is 0 Å². The second-order valence-corrected chi connectivity index (χ2v) is 7.71. The quantitative estimate of drug-likeness (QED) is 0.834. The zero-order valence-corrected chi connectivity index (χ0v) is 11.3. The van der Waals surface area contributed by atoms with Gasteiger partial charge in [0.05, 0.1) is 11.9 Å². The second-order valence-electron chi connectivity index (χ2n) is 5.40. The molecule has 4 nitrogen and oxygen atoms in total. The number of aliphatic hydroxyl groups is 1. The summed E-state index contributed by atoms with van der Waals surface area (Å²) in [6.45, 7) is 1.96. The molecular weight excluding hydrogens is 238 g/mol. The first-order chi connectivity index (χ1) is 8.07. The van der Waals surface area contributed by atoms with E-state index in [4.69, 9.17) is 5.11 Å². The molecule has 0 spiro atoms. The predicted octanol–water partition coefficient (Wildman–Crippen LogP) is 1.35. The van der Waals surface area contributed by atoms with Crippen molar-refractivity contribution in [2.75, 3.05) is 13.2 Å². The molecule has 1 heterocycles. The number of fused-ring (bicyclic) bond motifs is 1. The minimum atomic E-state index is -3.30. The molecule has 1 aliphatic carbocycles. The van der Waals surface area contributed by atoms with E-state index in [1.807, 2.05) is 0 Å². The highest BCUT2D eigenvalue weighted by Gasteiger charge is 2.40. The van der Waals surface area contributed by atoms with Crippen molar-refractivity contribution in [2.45, 2.75) is 56.7 Å². The van der Waals surface area contributed by atoms with Gasteiger partial charge in [-0.3, -0.25) is 0 Å². The van der Waals surface area contributed by atoms with Crippen molar-refractivity contribution in [1.29, 1.82) is 0 Å². The first kappa shape index (κ1) is 13.3. The highest BCUT2D eigenvalue weighted by molar-refractivity contribution is 7.89. The third kappa shape index (κ3) is 2.51. The maximum Gasteiger partial charge on any atom is 0.219 e. The summed E-state index contributed by atoms with van der Waals surface area (Å²) < 4.78 is 26.4. The Bertz CT molecular complexity index is 353. The van der Waals surface area contributed by atoms with Gasteiger partial charge in [0.2, 0.25) is 10.0 Å². The Morgan fingerprint density at radius 1 is 1.24 bits per heavy atom. The Kier molecular flexibility index (Phi) is 4.10. The number of hydrogen-bond donors (Lipinski definition) is 1. The lowest BCUT2D eigenvalue weighted by molar-refractivity contribution is 0.127. The van der Waals surface area contributed by atoms with Crippen LogP contribution in [0.2, 0.25) is 0 Å². The zero-order valence-electron chi connectivity index (χ0n) is 10.5. The van der Waals surface area contributed by atoms with E-state index in [0.29, 0.717) is 12.5 Å². The fourth-order valence-electron chi connectivity index (χ4n) is 3.22. The number of hydrogen-bond acceptors (Lipinski definition) is 3. The van der Waals surface area contributed by atoms with E-state index in [9.17, 15) is 8.42 Å². The van der Waals surface area contributed by atoms with Gasteiger partial charge in [0, 0.05) is 12.6 Å². The van der Waals surface area contributed by atoms with E-state index in [1.165, 1.54) is 19.3 Å². The number of piperidine rings is 1. The zero-order chi connectivity index (χ0) is 12.5. The molecule has 0 aromatic rings. The Hall–Kier alpha value is -0.130. The van der Waals surface area contributed by atoms with Crippen LogP contribution in [0.3, 0.4) is 0 Å². The standard InChI is InChI=1S/C12H23NO3S/c1-10(9-14)17(15,16)13-8-4-6-11-5-2-3-7-12(11)13/h10-12,14H,2-9H2,1H3/t10?,11-,12-/m1/s1. The van der Waals surface area contributed by atoms with Gasteiger partial charge in [-0.05, 0) is 38.5 Å². The molecule has 1 unspecified atom stereocenters. The van der Waals surface area contributed by atoms with Crippen molar-refractivity contribution >= 4 is 10.0 Å². The van der Waals surface area contributed by atoms with Gasteiger partial charge in [-0.25, -0.2) is 8.42 Å². The minimum Gasteiger partial charge on any atom is -0.395 e. The molecule has 100 valence electrons. The number of rotatable bonds is 3. The summed E-state index contributed by atoms with van der Waals surface area (Å²) in [5, 5.41) is 8.43. The molecule has 2 fully saturated rings. The lowest BCUT2D eigenvalue weighted by atomic mass is 9.79. The summed E-state index contributed by atoms with van der Waals surface area (Å²) in [4.78, 5) is 0. The number of aliphatic hydroxyl groups excluding tert-OH is 1. The normalized spacial score (nSPS) is 33.1. The monoisotopic (exact) mass is 261 g/mol. The predicted molar refractivity (Wildman–Crippen MR) is 67.2 cm³/mol. The summed E-state index contributed by atoms with van der Waals surface area (Å²) in [6.07, 6.45) is 6.69. The molecule has 3 atom stereocenters. The van der Waals surface area contributed by atoms with E-state index in [1.54, 1.807) is 11.2 Å². The van der Waals surface area contributed by atoms with Crippen LogP contribution < -0.4 is 0 Å². The first-order valence-corrected chi connectivity index (χ1v) is 8.19. The summed E-state index contributed by atoms with van der Waals surface area (Å²) in [6, 6.07) is 0.205. The largest absolute Gasteiger partial charge is 0.395 e. The van der Waals surface area contributed by atoms with Gasteiger partial charge in [-0.1, -0.05) is 12.8 Å². The van der Waals surface area contributed by atoms with E-state index in [-0.39, 0.29) is 12.6 Å². The van der Waals surface area contributed by atoms with E-state index in [2.05, 4.69) is 0 Å². The van der Waals surface area contributed by atoms with Crippen LogP contribution in [0.1, 0.15) is 45.4 Å². The van der Waals surface area contributed by atoms with Crippen LogP contribution in [-0.2, 0) is 10.0 Å². The molecular formula is C12H23NO3S. The molecule has 2 rings (SSSR count). The third-order valence-corrected chi connectivity index (χ3v) is 6.56. The Balaban J connectivity index is 2.19. The van der Waals surface area contributed by atoms with Crippen LogP contribution in [0.15, 0.2) is 0 Å². The van der Waals surface area contributed by atoms with Crippen molar-refractivity contribution in [1.82, 2.24) is 4.31 Å². The molecule has 1 N–H and O–H groups in total. The van der Waals surface area contributed by atoms with Crippen molar-refractivity contribution < 1.29 is 13.5 Å². The van der Waals surface area contributed by atoms with Crippen molar-refractivity contribution in [3.05, 3.63) is 0 Å². The molecule has 0 aromatic heterocycles. The highest BCUT2D eigenvalue weighted by atomic mass is 32.2. The summed E-state index contributed by atoms with van der Waals surface area (Å²) in [7, 11) is -3.30. The van der Waals surface area contributed by atoms with Crippen LogP contribution in [0, 0.1) is 5.92 Å². The summed E-state index contributed by atoms with van der Waals surface area (Å²) in [5.41, 5.74) is 0. The molecule has 2 aliphatic rings. The molecule has 0 radical (unpaired) electrons. The number of sulfonamides is 1. The fraction of sp³-hybridized carbons (Fsp3) is 1.00. The molecule has 1 saturated heterocycles. The van der Waals surface area contributed by atoms with Gasteiger partial charge in [0.1, 0.15) is 0 Å². The lowest BCUT2D eigenvalue weighted by Gasteiger charge is -2.43.